The summed E-state index contributed by atoms with van der Waals surface area (Å²) in [4.78, 5) is 17.9. The van der Waals surface area contributed by atoms with E-state index in [0.717, 1.165) is 43.3 Å². The molecule has 0 aliphatic carbocycles. The fraction of sp³-hybridized carbons (Fsp3) is 0.318. The molecule has 5 heteroatoms. The minimum absolute atomic E-state index is 0.0165. The van der Waals surface area contributed by atoms with Gasteiger partial charge in [-0.25, -0.2) is 0 Å². The lowest BCUT2D eigenvalue weighted by Crippen LogP contribution is -2.39. The number of carbonyl (C=O) groups excluding carboxylic acids is 1. The highest BCUT2D eigenvalue weighted by Crippen LogP contribution is 2.32. The highest BCUT2D eigenvalue weighted by Gasteiger charge is 2.25. The minimum Gasteiger partial charge on any atom is -0.504 e. The number of benzene rings is 2. The number of hydrogen-bond donors (Lipinski definition) is 2. The van der Waals surface area contributed by atoms with E-state index in [4.69, 9.17) is 4.74 Å². The SMILES string of the molecule is COc1cc2cc(C(=O)N3CCC(Cc4ccccc4)CC3)[nH]c2cc1O. The molecule has 1 aromatic heterocycles. The molecule has 0 spiro atoms. The van der Waals surface area contributed by atoms with Gasteiger partial charge in [0.1, 0.15) is 5.69 Å². The number of phenols is 1. The summed E-state index contributed by atoms with van der Waals surface area (Å²) in [5.41, 5.74) is 2.65. The van der Waals surface area contributed by atoms with Crippen LogP contribution in [0.2, 0.25) is 0 Å². The smallest absolute Gasteiger partial charge is 0.270 e. The lowest BCUT2D eigenvalue weighted by molar-refractivity contribution is 0.0685. The number of amides is 1. The van der Waals surface area contributed by atoms with E-state index < -0.39 is 0 Å². The Morgan fingerprint density at radius 1 is 1.19 bits per heavy atom. The molecule has 1 saturated heterocycles. The van der Waals surface area contributed by atoms with Crippen LogP contribution in [0.15, 0.2) is 48.5 Å². The van der Waals surface area contributed by atoms with Crippen LogP contribution in [0.1, 0.15) is 28.9 Å². The van der Waals surface area contributed by atoms with Crippen LogP contribution in [0, 0.1) is 5.92 Å². The Labute approximate surface area is 158 Å². The Morgan fingerprint density at radius 2 is 1.93 bits per heavy atom. The number of aromatic hydroxyl groups is 1. The van der Waals surface area contributed by atoms with Gasteiger partial charge in [0.25, 0.3) is 5.91 Å². The highest BCUT2D eigenvalue weighted by molar-refractivity contribution is 5.98. The third-order valence-electron chi connectivity index (χ3n) is 5.42. The molecule has 1 fully saturated rings. The first kappa shape index (κ1) is 17.5. The van der Waals surface area contributed by atoms with Crippen LogP contribution in [-0.4, -0.2) is 41.1 Å². The van der Waals surface area contributed by atoms with Crippen LogP contribution < -0.4 is 4.74 Å². The van der Waals surface area contributed by atoms with Gasteiger partial charge in [0.2, 0.25) is 0 Å². The van der Waals surface area contributed by atoms with E-state index in [-0.39, 0.29) is 11.7 Å². The van der Waals surface area contributed by atoms with Crippen molar-refractivity contribution in [3.05, 3.63) is 59.8 Å². The summed E-state index contributed by atoms with van der Waals surface area (Å²) in [6.45, 7) is 1.56. The summed E-state index contributed by atoms with van der Waals surface area (Å²) < 4.78 is 5.14. The van der Waals surface area contributed by atoms with E-state index in [9.17, 15) is 9.90 Å². The van der Waals surface area contributed by atoms with Gasteiger partial charge in [0.15, 0.2) is 11.5 Å². The summed E-state index contributed by atoms with van der Waals surface area (Å²) in [6, 6.07) is 15.7. The normalized spacial score (nSPS) is 15.2. The maximum atomic E-state index is 12.9. The number of carbonyl (C=O) groups is 1. The monoisotopic (exact) mass is 364 g/mol. The number of fused-ring (bicyclic) bond motifs is 1. The number of ether oxygens (including phenoxy) is 1. The third kappa shape index (κ3) is 3.63. The van der Waals surface area contributed by atoms with Crippen LogP contribution in [0.5, 0.6) is 11.5 Å². The summed E-state index contributed by atoms with van der Waals surface area (Å²) in [6.07, 6.45) is 3.12. The molecule has 1 aliphatic heterocycles. The predicted molar refractivity (Wildman–Crippen MR) is 105 cm³/mol. The van der Waals surface area contributed by atoms with Crippen LogP contribution in [0.25, 0.3) is 10.9 Å². The van der Waals surface area contributed by atoms with Crippen molar-refractivity contribution in [3.63, 3.8) is 0 Å². The number of likely N-dealkylation sites (tertiary alicyclic amines) is 1. The number of nitrogens with zero attached hydrogens (tertiary/aromatic N) is 1. The van der Waals surface area contributed by atoms with Gasteiger partial charge in [-0.3, -0.25) is 4.79 Å². The maximum Gasteiger partial charge on any atom is 0.270 e. The number of aromatic amines is 1. The molecular formula is C22H24N2O3. The van der Waals surface area contributed by atoms with Crippen molar-refractivity contribution in [3.8, 4) is 11.5 Å². The average molecular weight is 364 g/mol. The second kappa shape index (κ2) is 7.35. The van der Waals surface area contributed by atoms with Gasteiger partial charge in [-0.1, -0.05) is 30.3 Å². The Kier molecular flexibility index (Phi) is 4.75. The quantitative estimate of drug-likeness (QED) is 0.736. The summed E-state index contributed by atoms with van der Waals surface area (Å²) >= 11 is 0. The summed E-state index contributed by atoms with van der Waals surface area (Å²) in [7, 11) is 1.51. The Hall–Kier alpha value is -2.95. The van der Waals surface area contributed by atoms with E-state index in [1.54, 1.807) is 12.1 Å². The fourth-order valence-corrected chi connectivity index (χ4v) is 3.89. The minimum atomic E-state index is 0.0165. The van der Waals surface area contributed by atoms with Crippen molar-refractivity contribution in [2.24, 2.45) is 5.92 Å². The molecule has 2 heterocycles. The fourth-order valence-electron chi connectivity index (χ4n) is 3.89. The standard InChI is InChI=1S/C22H24N2O3/c1-27-21-13-17-12-19(23-18(17)14-20(21)25)22(26)24-9-7-16(8-10-24)11-15-5-3-2-4-6-15/h2-6,12-14,16,23,25H,7-11H2,1H3. The molecule has 3 aromatic rings. The first-order valence-corrected chi connectivity index (χ1v) is 9.37. The molecule has 2 aromatic carbocycles. The summed E-state index contributed by atoms with van der Waals surface area (Å²) in [5.74, 6) is 1.11. The van der Waals surface area contributed by atoms with Gasteiger partial charge in [0.05, 0.1) is 7.11 Å². The molecule has 0 unspecified atom stereocenters. The summed E-state index contributed by atoms with van der Waals surface area (Å²) in [5, 5.41) is 10.8. The lowest BCUT2D eigenvalue weighted by Gasteiger charge is -2.31. The Balaban J connectivity index is 1.42. The number of methoxy groups -OCH3 is 1. The van der Waals surface area contributed by atoms with Crippen molar-refractivity contribution in [2.45, 2.75) is 19.3 Å². The van der Waals surface area contributed by atoms with Gasteiger partial charge in [-0.15, -0.1) is 0 Å². The van der Waals surface area contributed by atoms with E-state index in [2.05, 4.69) is 29.2 Å². The van der Waals surface area contributed by atoms with Crippen LogP contribution >= 0.6 is 0 Å². The van der Waals surface area contributed by atoms with E-state index in [0.29, 0.717) is 17.4 Å². The molecular weight excluding hydrogens is 340 g/mol. The first-order chi connectivity index (χ1) is 13.1. The van der Waals surface area contributed by atoms with Crippen molar-refractivity contribution >= 4 is 16.8 Å². The molecule has 27 heavy (non-hydrogen) atoms. The number of H-pyrrole nitrogens is 1. The van der Waals surface area contributed by atoms with Crippen molar-refractivity contribution < 1.29 is 14.6 Å². The molecule has 5 nitrogen and oxygen atoms in total. The number of piperidine rings is 1. The molecule has 140 valence electrons. The molecule has 2 N–H and O–H groups in total. The van der Waals surface area contributed by atoms with Crippen LogP contribution in [0.3, 0.4) is 0 Å². The van der Waals surface area contributed by atoms with Crippen LogP contribution in [-0.2, 0) is 6.42 Å². The number of hydrogen-bond acceptors (Lipinski definition) is 3. The number of phenolic OH excluding ortho intramolecular Hbond substituents is 1. The number of nitrogens with one attached hydrogen (secondary N) is 1. The average Bonchev–Trinajstić information content (AvgIpc) is 3.11. The molecule has 0 bridgehead atoms. The van der Waals surface area contributed by atoms with Gasteiger partial charge in [-0.2, -0.15) is 0 Å². The van der Waals surface area contributed by atoms with Crippen molar-refractivity contribution in [1.29, 1.82) is 0 Å². The zero-order chi connectivity index (χ0) is 18.8. The van der Waals surface area contributed by atoms with Crippen LogP contribution in [0.4, 0.5) is 0 Å². The largest absolute Gasteiger partial charge is 0.504 e. The Morgan fingerprint density at radius 3 is 2.63 bits per heavy atom. The second-order valence-corrected chi connectivity index (χ2v) is 7.22. The predicted octanol–water partition coefficient (Wildman–Crippen LogP) is 3.98. The van der Waals surface area contributed by atoms with Gasteiger partial charge >= 0.3 is 0 Å². The highest BCUT2D eigenvalue weighted by atomic mass is 16.5. The Bertz CT molecular complexity index is 941. The molecule has 0 radical (unpaired) electrons. The van der Waals surface area contributed by atoms with Gasteiger partial charge < -0.3 is 19.7 Å². The van der Waals surface area contributed by atoms with Crippen molar-refractivity contribution in [1.82, 2.24) is 9.88 Å². The van der Waals surface area contributed by atoms with Gasteiger partial charge in [0, 0.05) is 30.1 Å². The van der Waals surface area contributed by atoms with E-state index in [1.807, 2.05) is 17.0 Å². The first-order valence-electron chi connectivity index (χ1n) is 9.37. The second-order valence-electron chi connectivity index (χ2n) is 7.22. The topological polar surface area (TPSA) is 65.6 Å². The zero-order valence-electron chi connectivity index (χ0n) is 15.4. The third-order valence-corrected chi connectivity index (χ3v) is 5.42. The lowest BCUT2D eigenvalue weighted by atomic mass is 9.90. The van der Waals surface area contributed by atoms with Gasteiger partial charge in [-0.05, 0) is 42.9 Å². The maximum absolute atomic E-state index is 12.9. The molecule has 1 amide bonds. The molecule has 0 saturated carbocycles. The van der Waals surface area contributed by atoms with E-state index >= 15 is 0 Å². The molecule has 4 rings (SSSR count). The number of rotatable bonds is 4. The zero-order valence-corrected chi connectivity index (χ0v) is 15.4. The molecule has 0 atom stereocenters. The molecule has 1 aliphatic rings. The van der Waals surface area contributed by atoms with Crippen molar-refractivity contribution in [2.75, 3.05) is 20.2 Å². The number of aromatic nitrogens is 1. The van der Waals surface area contributed by atoms with E-state index in [1.165, 1.54) is 12.7 Å².